The standard InChI is InChI=1S/C17H30N2O3/c1-3-6-17(7-8-17)13-18-15(20)19-9-4-5-14(12-19)16(2)21-10-11-22-16/h14H,3-13H2,1-2H3,(H,18,20). The van der Waals surface area contributed by atoms with E-state index in [1.807, 2.05) is 11.8 Å². The normalized spacial score (nSPS) is 29.4. The minimum Gasteiger partial charge on any atom is -0.347 e. The number of ether oxygens (including phenoxy) is 2. The first kappa shape index (κ1) is 16.1. The summed E-state index contributed by atoms with van der Waals surface area (Å²) in [6.07, 6.45) is 7.07. The zero-order valence-corrected chi connectivity index (χ0v) is 14.0. The SMILES string of the molecule is CCCC1(CNC(=O)N2CCCC(C3(C)OCCO3)C2)CC1. The van der Waals surface area contributed by atoms with E-state index >= 15 is 0 Å². The van der Waals surface area contributed by atoms with Crippen LogP contribution in [0, 0.1) is 11.3 Å². The number of urea groups is 1. The lowest BCUT2D eigenvalue weighted by Crippen LogP contribution is -2.52. The van der Waals surface area contributed by atoms with Crippen molar-refractivity contribution in [3.63, 3.8) is 0 Å². The van der Waals surface area contributed by atoms with Gasteiger partial charge in [0, 0.05) is 25.6 Å². The van der Waals surface area contributed by atoms with Gasteiger partial charge in [0.15, 0.2) is 5.79 Å². The van der Waals surface area contributed by atoms with E-state index in [4.69, 9.17) is 9.47 Å². The second kappa shape index (κ2) is 6.36. The predicted molar refractivity (Wildman–Crippen MR) is 84.6 cm³/mol. The number of hydrogen-bond acceptors (Lipinski definition) is 3. The highest BCUT2D eigenvalue weighted by atomic mass is 16.7. The average molecular weight is 310 g/mol. The lowest BCUT2D eigenvalue weighted by atomic mass is 9.90. The van der Waals surface area contributed by atoms with Crippen LogP contribution in [0.15, 0.2) is 0 Å². The summed E-state index contributed by atoms with van der Waals surface area (Å²) in [5.41, 5.74) is 0.406. The van der Waals surface area contributed by atoms with Crippen molar-refractivity contribution in [3.05, 3.63) is 0 Å². The van der Waals surface area contributed by atoms with Gasteiger partial charge in [-0.15, -0.1) is 0 Å². The molecule has 2 amide bonds. The molecule has 2 saturated heterocycles. The van der Waals surface area contributed by atoms with Gasteiger partial charge in [-0.2, -0.15) is 0 Å². The first-order valence-electron chi connectivity index (χ1n) is 8.88. The Balaban J connectivity index is 1.50. The number of likely N-dealkylation sites (tertiary alicyclic amines) is 1. The van der Waals surface area contributed by atoms with E-state index in [9.17, 15) is 4.79 Å². The summed E-state index contributed by atoms with van der Waals surface area (Å²) in [6, 6.07) is 0.0914. The van der Waals surface area contributed by atoms with Gasteiger partial charge in [-0.25, -0.2) is 4.79 Å². The summed E-state index contributed by atoms with van der Waals surface area (Å²) < 4.78 is 11.6. The molecule has 126 valence electrons. The van der Waals surface area contributed by atoms with Gasteiger partial charge in [-0.1, -0.05) is 13.3 Å². The quantitative estimate of drug-likeness (QED) is 0.849. The number of hydrogen-bond donors (Lipinski definition) is 1. The van der Waals surface area contributed by atoms with E-state index in [0.717, 1.165) is 32.5 Å². The van der Waals surface area contributed by atoms with E-state index in [1.54, 1.807) is 0 Å². The smallest absolute Gasteiger partial charge is 0.317 e. The highest BCUT2D eigenvalue weighted by Gasteiger charge is 2.44. The predicted octanol–water partition coefficient (Wildman–Crippen LogP) is 2.75. The molecule has 5 nitrogen and oxygen atoms in total. The number of carbonyl (C=O) groups is 1. The molecular weight excluding hydrogens is 280 g/mol. The number of rotatable bonds is 5. The Morgan fingerprint density at radius 3 is 2.68 bits per heavy atom. The van der Waals surface area contributed by atoms with Gasteiger partial charge < -0.3 is 19.7 Å². The summed E-state index contributed by atoms with van der Waals surface area (Å²) in [5, 5.41) is 3.17. The first-order chi connectivity index (χ1) is 10.6. The van der Waals surface area contributed by atoms with E-state index in [2.05, 4.69) is 12.2 Å². The Morgan fingerprint density at radius 2 is 2.05 bits per heavy atom. The van der Waals surface area contributed by atoms with Crippen molar-refractivity contribution in [2.45, 2.75) is 58.2 Å². The molecule has 2 aliphatic heterocycles. The number of nitrogens with zero attached hydrogens (tertiary/aromatic N) is 1. The van der Waals surface area contributed by atoms with Crippen LogP contribution in [0.1, 0.15) is 52.4 Å². The molecule has 1 N–H and O–H groups in total. The van der Waals surface area contributed by atoms with Crippen LogP contribution in [0.4, 0.5) is 4.79 Å². The van der Waals surface area contributed by atoms with Gasteiger partial charge in [0.25, 0.3) is 0 Å². The van der Waals surface area contributed by atoms with Gasteiger partial charge in [-0.05, 0) is 44.4 Å². The van der Waals surface area contributed by atoms with E-state index in [-0.39, 0.29) is 11.9 Å². The highest BCUT2D eigenvalue weighted by Crippen LogP contribution is 2.49. The molecule has 3 rings (SSSR count). The zero-order chi connectivity index (χ0) is 15.6. The van der Waals surface area contributed by atoms with Crippen molar-refractivity contribution in [1.29, 1.82) is 0 Å². The van der Waals surface area contributed by atoms with Crippen LogP contribution in [-0.2, 0) is 9.47 Å². The maximum atomic E-state index is 12.5. The van der Waals surface area contributed by atoms with Crippen LogP contribution in [0.25, 0.3) is 0 Å². The fraction of sp³-hybridized carbons (Fsp3) is 0.941. The largest absolute Gasteiger partial charge is 0.347 e. The molecule has 0 radical (unpaired) electrons. The molecule has 0 spiro atoms. The molecule has 1 saturated carbocycles. The second-order valence-corrected chi connectivity index (χ2v) is 7.41. The molecule has 0 aromatic carbocycles. The molecule has 3 fully saturated rings. The van der Waals surface area contributed by atoms with Gasteiger partial charge in [-0.3, -0.25) is 0 Å². The molecule has 0 bridgehead atoms. The maximum absolute atomic E-state index is 12.5. The van der Waals surface area contributed by atoms with Crippen LogP contribution in [-0.4, -0.2) is 49.6 Å². The second-order valence-electron chi connectivity index (χ2n) is 7.41. The summed E-state index contributed by atoms with van der Waals surface area (Å²) in [4.78, 5) is 14.4. The van der Waals surface area contributed by atoms with Gasteiger partial charge in [0.05, 0.1) is 13.2 Å². The van der Waals surface area contributed by atoms with Crippen LogP contribution in [0.5, 0.6) is 0 Å². The van der Waals surface area contributed by atoms with E-state index in [1.165, 1.54) is 25.7 Å². The molecule has 2 heterocycles. The molecule has 22 heavy (non-hydrogen) atoms. The molecular formula is C17H30N2O3. The number of nitrogens with one attached hydrogen (secondary N) is 1. The van der Waals surface area contributed by atoms with Crippen LogP contribution >= 0.6 is 0 Å². The van der Waals surface area contributed by atoms with Crippen molar-refractivity contribution in [2.75, 3.05) is 32.8 Å². The topological polar surface area (TPSA) is 50.8 Å². The fourth-order valence-corrected chi connectivity index (χ4v) is 3.95. The molecule has 1 unspecified atom stereocenters. The Labute approximate surface area is 133 Å². The van der Waals surface area contributed by atoms with Crippen molar-refractivity contribution in [2.24, 2.45) is 11.3 Å². The molecule has 1 aliphatic carbocycles. The van der Waals surface area contributed by atoms with E-state index in [0.29, 0.717) is 18.6 Å². The maximum Gasteiger partial charge on any atom is 0.317 e. The van der Waals surface area contributed by atoms with E-state index < -0.39 is 5.79 Å². The summed E-state index contributed by atoms with van der Waals surface area (Å²) in [5.74, 6) is -0.223. The van der Waals surface area contributed by atoms with Crippen molar-refractivity contribution in [1.82, 2.24) is 10.2 Å². The first-order valence-corrected chi connectivity index (χ1v) is 8.88. The Hall–Kier alpha value is -0.810. The molecule has 1 atom stereocenters. The van der Waals surface area contributed by atoms with Crippen molar-refractivity contribution < 1.29 is 14.3 Å². The van der Waals surface area contributed by atoms with Gasteiger partial charge >= 0.3 is 6.03 Å². The lowest BCUT2D eigenvalue weighted by Gasteiger charge is -2.40. The van der Waals surface area contributed by atoms with Gasteiger partial charge in [0.2, 0.25) is 0 Å². The van der Waals surface area contributed by atoms with Gasteiger partial charge in [0.1, 0.15) is 0 Å². The third-order valence-electron chi connectivity index (χ3n) is 5.66. The van der Waals surface area contributed by atoms with Crippen LogP contribution in [0.2, 0.25) is 0 Å². The minimum atomic E-state index is -0.501. The van der Waals surface area contributed by atoms with Crippen molar-refractivity contribution >= 4 is 6.03 Å². The average Bonchev–Trinajstić information content (AvgIpc) is 3.16. The number of piperidine rings is 1. The fourth-order valence-electron chi connectivity index (χ4n) is 3.95. The monoisotopic (exact) mass is 310 g/mol. The Bertz CT molecular complexity index is 403. The summed E-state index contributed by atoms with van der Waals surface area (Å²) in [7, 11) is 0. The third-order valence-corrected chi connectivity index (χ3v) is 5.66. The highest BCUT2D eigenvalue weighted by molar-refractivity contribution is 5.74. The minimum absolute atomic E-state index is 0.0914. The molecule has 3 aliphatic rings. The number of carbonyl (C=O) groups excluding carboxylic acids is 1. The Morgan fingerprint density at radius 1 is 1.32 bits per heavy atom. The molecule has 5 heteroatoms. The van der Waals surface area contributed by atoms with Crippen molar-refractivity contribution in [3.8, 4) is 0 Å². The molecule has 0 aromatic heterocycles. The van der Waals surface area contributed by atoms with Crippen LogP contribution in [0.3, 0.4) is 0 Å². The summed E-state index contributed by atoms with van der Waals surface area (Å²) >= 11 is 0. The summed E-state index contributed by atoms with van der Waals surface area (Å²) in [6.45, 7) is 8.00. The van der Waals surface area contributed by atoms with Crippen LogP contribution < -0.4 is 5.32 Å². The third kappa shape index (κ3) is 3.40. The molecule has 0 aromatic rings. The number of amides is 2. The zero-order valence-electron chi connectivity index (χ0n) is 14.0. The lowest BCUT2D eigenvalue weighted by molar-refractivity contribution is -0.189. The Kier molecular flexibility index (Phi) is 4.64.